The van der Waals surface area contributed by atoms with Gasteiger partial charge in [-0.15, -0.1) is 24.0 Å². The highest BCUT2D eigenvalue weighted by Gasteiger charge is 2.07. The number of nitrogens with one attached hydrogen (secondary N) is 1. The molecule has 0 spiro atoms. The Kier molecular flexibility index (Phi) is 12.1. The number of nitrogens with two attached hydrogens (primary N) is 1. The van der Waals surface area contributed by atoms with Crippen molar-refractivity contribution in [2.75, 3.05) is 31.7 Å². The van der Waals surface area contributed by atoms with Gasteiger partial charge >= 0.3 is 0 Å². The van der Waals surface area contributed by atoms with Gasteiger partial charge in [0.05, 0.1) is 25.0 Å². The van der Waals surface area contributed by atoms with Gasteiger partial charge in [-0.05, 0) is 44.9 Å². The van der Waals surface area contributed by atoms with E-state index in [-0.39, 0.29) is 30.1 Å². The molecule has 0 amide bonds. The number of rotatable bonds is 11. The third-order valence-electron chi connectivity index (χ3n) is 4.05. The average Bonchev–Trinajstić information content (AvgIpc) is 2.70. The molecular weight excluding hydrogens is 481 g/mol. The van der Waals surface area contributed by atoms with Gasteiger partial charge in [0.2, 0.25) is 0 Å². The average molecular weight is 513 g/mol. The number of hydrogen-bond acceptors (Lipinski definition) is 4. The van der Waals surface area contributed by atoms with Gasteiger partial charge in [0.15, 0.2) is 5.96 Å². The number of hydrogen-bond donors (Lipinski definition) is 2. The predicted octanol–water partition coefficient (Wildman–Crippen LogP) is 5.00. The Morgan fingerprint density at radius 3 is 2.48 bits per heavy atom. The molecule has 160 valence electrons. The van der Waals surface area contributed by atoms with E-state index in [1.807, 2.05) is 50.2 Å². The topological polar surface area (TPSA) is 78.1 Å². The summed E-state index contributed by atoms with van der Waals surface area (Å²) in [5.41, 5.74) is 7.94. The highest BCUT2D eigenvalue weighted by atomic mass is 127. The lowest BCUT2D eigenvalue weighted by Gasteiger charge is -2.14. The van der Waals surface area contributed by atoms with Gasteiger partial charge in [0, 0.05) is 19.2 Å². The van der Waals surface area contributed by atoms with Crippen molar-refractivity contribution in [3.05, 3.63) is 54.1 Å². The van der Waals surface area contributed by atoms with Gasteiger partial charge in [-0.25, -0.2) is 0 Å². The first-order valence-corrected chi connectivity index (χ1v) is 9.77. The van der Waals surface area contributed by atoms with Crippen LogP contribution in [0.25, 0.3) is 0 Å². The molecule has 29 heavy (non-hydrogen) atoms. The van der Waals surface area contributed by atoms with E-state index >= 15 is 0 Å². The van der Waals surface area contributed by atoms with Gasteiger partial charge in [-0.3, -0.25) is 4.99 Å². The maximum absolute atomic E-state index is 6.03. The fraction of sp³-hybridized carbons (Fsp3) is 0.409. The Balaban J connectivity index is 0.00000420. The summed E-state index contributed by atoms with van der Waals surface area (Å²) in [4.78, 5) is 4.37. The van der Waals surface area contributed by atoms with Crippen LogP contribution in [0.5, 0.6) is 11.5 Å². The fourth-order valence-corrected chi connectivity index (χ4v) is 2.67. The smallest absolute Gasteiger partial charge is 0.193 e. The van der Waals surface area contributed by atoms with E-state index in [9.17, 15) is 0 Å². The summed E-state index contributed by atoms with van der Waals surface area (Å²) in [7, 11) is 0. The highest BCUT2D eigenvalue weighted by Crippen LogP contribution is 2.29. The number of guanidine groups is 1. The third kappa shape index (κ3) is 8.91. The molecule has 0 aliphatic carbocycles. The van der Waals surface area contributed by atoms with Crippen LogP contribution in [0.15, 0.2) is 53.5 Å². The van der Waals surface area contributed by atoms with E-state index in [1.54, 1.807) is 0 Å². The van der Waals surface area contributed by atoms with E-state index in [4.69, 9.17) is 19.9 Å². The normalized spacial score (nSPS) is 12.0. The quantitative estimate of drug-likeness (QED) is 0.192. The molecule has 0 saturated heterocycles. The number of halogens is 1. The summed E-state index contributed by atoms with van der Waals surface area (Å²) in [6.07, 6.45) is 0.854. The van der Waals surface area contributed by atoms with Gasteiger partial charge in [-0.2, -0.15) is 0 Å². The molecule has 1 atom stereocenters. The molecule has 6 nitrogen and oxygen atoms in total. The molecule has 0 aliphatic rings. The summed E-state index contributed by atoms with van der Waals surface area (Å²) in [5, 5.41) is 3.10. The molecule has 0 bridgehead atoms. The summed E-state index contributed by atoms with van der Waals surface area (Å²) in [5.74, 6) is 1.80. The van der Waals surface area contributed by atoms with Crippen LogP contribution in [0.3, 0.4) is 0 Å². The molecular formula is C22H32IN3O3. The Morgan fingerprint density at radius 1 is 1.07 bits per heavy atom. The van der Waals surface area contributed by atoms with E-state index in [0.717, 1.165) is 17.9 Å². The molecule has 2 aromatic rings. The zero-order valence-corrected chi connectivity index (χ0v) is 19.7. The lowest BCUT2D eigenvalue weighted by molar-refractivity contribution is 0.0652. The molecule has 0 fully saturated rings. The molecule has 2 aromatic carbocycles. The first-order chi connectivity index (χ1) is 13.6. The molecule has 0 aromatic heterocycles. The van der Waals surface area contributed by atoms with Crippen molar-refractivity contribution in [1.29, 1.82) is 0 Å². The zero-order valence-electron chi connectivity index (χ0n) is 17.4. The zero-order chi connectivity index (χ0) is 20.2. The van der Waals surface area contributed by atoms with Crippen LogP contribution in [0.4, 0.5) is 5.69 Å². The maximum atomic E-state index is 6.03. The minimum absolute atomic E-state index is 0. The highest BCUT2D eigenvalue weighted by molar-refractivity contribution is 14.0. The molecule has 7 heteroatoms. The molecule has 1 unspecified atom stereocenters. The van der Waals surface area contributed by atoms with Gasteiger partial charge in [0.25, 0.3) is 0 Å². The minimum atomic E-state index is 0. The van der Waals surface area contributed by atoms with Crippen molar-refractivity contribution in [1.82, 2.24) is 0 Å². The van der Waals surface area contributed by atoms with Crippen LogP contribution in [0, 0.1) is 0 Å². The monoisotopic (exact) mass is 513 g/mol. The predicted molar refractivity (Wildman–Crippen MR) is 130 cm³/mol. The largest absolute Gasteiger partial charge is 0.494 e. The van der Waals surface area contributed by atoms with Crippen LogP contribution in [0.1, 0.15) is 38.9 Å². The molecule has 0 radical (unpaired) electrons. The Hall–Kier alpha value is -2.00. The summed E-state index contributed by atoms with van der Waals surface area (Å²) < 4.78 is 17.0. The van der Waals surface area contributed by atoms with E-state index in [1.165, 1.54) is 5.56 Å². The fourth-order valence-electron chi connectivity index (χ4n) is 2.67. The summed E-state index contributed by atoms with van der Waals surface area (Å²) >= 11 is 0. The van der Waals surface area contributed by atoms with Gasteiger partial charge < -0.3 is 25.3 Å². The molecule has 0 heterocycles. The lowest BCUT2D eigenvalue weighted by atomic mass is 10.1. The van der Waals surface area contributed by atoms with Crippen LogP contribution in [0.2, 0.25) is 0 Å². The molecule has 3 N–H and O–H groups in total. The lowest BCUT2D eigenvalue weighted by Crippen LogP contribution is -2.23. The Morgan fingerprint density at radius 2 is 1.79 bits per heavy atom. The first-order valence-electron chi connectivity index (χ1n) is 9.77. The summed E-state index contributed by atoms with van der Waals surface area (Å²) in [6, 6.07) is 15.8. The van der Waals surface area contributed by atoms with Crippen molar-refractivity contribution in [2.45, 2.75) is 33.3 Å². The SMILES string of the molecule is CCOc1ccc(OCC)c(NC(N)=NCCCOC(C)c2ccccc2)c1.I. The number of anilines is 1. The second-order valence-corrected chi connectivity index (χ2v) is 6.19. The second kappa shape index (κ2) is 14.1. The number of nitrogens with zero attached hydrogens (tertiary/aromatic N) is 1. The summed E-state index contributed by atoms with van der Waals surface area (Å²) in [6.45, 7) is 8.30. The van der Waals surface area contributed by atoms with Crippen molar-refractivity contribution < 1.29 is 14.2 Å². The van der Waals surface area contributed by atoms with Gasteiger partial charge in [0.1, 0.15) is 11.5 Å². The third-order valence-corrected chi connectivity index (χ3v) is 4.05. The number of ether oxygens (including phenoxy) is 3. The van der Waals surface area contributed by atoms with Crippen LogP contribution < -0.4 is 20.5 Å². The van der Waals surface area contributed by atoms with Crippen molar-refractivity contribution in [2.24, 2.45) is 10.7 Å². The molecule has 2 rings (SSSR count). The van der Waals surface area contributed by atoms with E-state index in [0.29, 0.717) is 38.1 Å². The van der Waals surface area contributed by atoms with E-state index < -0.39 is 0 Å². The van der Waals surface area contributed by atoms with Crippen molar-refractivity contribution >= 4 is 35.6 Å². The van der Waals surface area contributed by atoms with Crippen LogP contribution in [-0.4, -0.2) is 32.3 Å². The Labute approximate surface area is 190 Å². The number of aliphatic imine (C=N–C) groups is 1. The standard InChI is InChI=1S/C22H31N3O3.HI/c1-4-26-19-12-13-21(27-5-2)20(16-19)25-22(23)24-14-9-15-28-17(3)18-10-7-6-8-11-18;/h6-8,10-13,16-17H,4-5,9,14-15H2,1-3H3,(H3,23,24,25);1H. The first kappa shape index (κ1) is 25.0. The Bertz CT molecular complexity index is 741. The van der Waals surface area contributed by atoms with Crippen LogP contribution in [-0.2, 0) is 4.74 Å². The molecule has 0 aliphatic heterocycles. The molecule has 0 saturated carbocycles. The van der Waals surface area contributed by atoms with Crippen LogP contribution >= 0.6 is 24.0 Å². The number of benzene rings is 2. The second-order valence-electron chi connectivity index (χ2n) is 6.19. The van der Waals surface area contributed by atoms with Crippen molar-refractivity contribution in [3.63, 3.8) is 0 Å². The minimum Gasteiger partial charge on any atom is -0.494 e. The van der Waals surface area contributed by atoms with E-state index in [2.05, 4.69) is 29.4 Å². The van der Waals surface area contributed by atoms with Crippen molar-refractivity contribution in [3.8, 4) is 11.5 Å². The maximum Gasteiger partial charge on any atom is 0.193 e. The van der Waals surface area contributed by atoms with Gasteiger partial charge in [-0.1, -0.05) is 30.3 Å².